The van der Waals surface area contributed by atoms with Crippen molar-refractivity contribution in [3.05, 3.63) is 68.7 Å². The number of fused-ring (bicyclic) bond motifs is 1. The smallest absolute Gasteiger partial charge is 0.295 e. The lowest BCUT2D eigenvalue weighted by atomic mass is 10.2. The normalized spacial score (nSPS) is 11.0. The third kappa shape index (κ3) is 4.43. The van der Waals surface area contributed by atoms with Crippen LogP contribution < -0.4 is 10.9 Å². The molecule has 1 N–H and O–H groups in total. The van der Waals surface area contributed by atoms with E-state index in [0.29, 0.717) is 16.1 Å². The van der Waals surface area contributed by atoms with E-state index in [-0.39, 0.29) is 23.0 Å². The van der Waals surface area contributed by atoms with Gasteiger partial charge in [0.1, 0.15) is 11.5 Å². The molecule has 0 bridgehead atoms. The number of para-hydroxylation sites is 1. The van der Waals surface area contributed by atoms with Crippen LogP contribution in [-0.2, 0) is 4.79 Å². The molecule has 0 radical (unpaired) electrons. The van der Waals surface area contributed by atoms with E-state index in [1.165, 1.54) is 4.57 Å². The van der Waals surface area contributed by atoms with E-state index in [2.05, 4.69) is 10.3 Å². The van der Waals surface area contributed by atoms with E-state index >= 15 is 0 Å². The molecular weight excluding hydrogens is 399 g/mol. The maximum absolute atomic E-state index is 13.2. The Morgan fingerprint density at radius 3 is 2.72 bits per heavy atom. The molecule has 8 nitrogen and oxygen atoms in total. The van der Waals surface area contributed by atoms with Gasteiger partial charge in [-0.3, -0.25) is 24.3 Å². The molecule has 1 aromatic heterocycles. The lowest BCUT2D eigenvalue weighted by molar-refractivity contribution is -0.384. The van der Waals surface area contributed by atoms with Crippen LogP contribution in [0.1, 0.15) is 19.9 Å². The van der Waals surface area contributed by atoms with E-state index < -0.39 is 22.3 Å². The standard InChI is InChI=1S/C19H17FN4O4S/c1-11(2)23-18(26)13-5-3-4-6-14(13)22-19(23)29-10-17(25)21-15-8-7-12(20)9-16(15)24(27)28/h3-9,11H,10H2,1-2H3,(H,21,25). The van der Waals surface area contributed by atoms with Gasteiger partial charge in [-0.25, -0.2) is 9.37 Å². The number of thioether (sulfide) groups is 1. The van der Waals surface area contributed by atoms with Gasteiger partial charge in [-0.15, -0.1) is 0 Å². The van der Waals surface area contributed by atoms with Crippen molar-refractivity contribution in [1.29, 1.82) is 0 Å². The molecule has 0 aliphatic heterocycles. The van der Waals surface area contributed by atoms with Crippen LogP contribution in [-0.4, -0.2) is 26.1 Å². The minimum Gasteiger partial charge on any atom is -0.320 e. The summed E-state index contributed by atoms with van der Waals surface area (Å²) in [7, 11) is 0. The van der Waals surface area contributed by atoms with Gasteiger partial charge in [-0.1, -0.05) is 23.9 Å². The number of halogens is 1. The Balaban J connectivity index is 1.84. The fraction of sp³-hybridized carbons (Fsp3) is 0.211. The van der Waals surface area contributed by atoms with E-state index in [0.717, 1.165) is 30.0 Å². The summed E-state index contributed by atoms with van der Waals surface area (Å²) in [5.41, 5.74) is -0.324. The topological polar surface area (TPSA) is 107 Å². The average molecular weight is 416 g/mol. The largest absolute Gasteiger partial charge is 0.320 e. The first-order chi connectivity index (χ1) is 13.8. The molecule has 3 rings (SSSR count). The number of nitrogens with one attached hydrogen (secondary N) is 1. The van der Waals surface area contributed by atoms with Gasteiger partial charge in [0.2, 0.25) is 5.91 Å². The molecule has 0 aliphatic carbocycles. The molecule has 10 heteroatoms. The second-order valence-electron chi connectivity index (χ2n) is 6.44. The predicted molar refractivity (Wildman–Crippen MR) is 109 cm³/mol. The average Bonchev–Trinajstić information content (AvgIpc) is 2.67. The van der Waals surface area contributed by atoms with Crippen LogP contribution in [0.4, 0.5) is 15.8 Å². The zero-order valence-electron chi connectivity index (χ0n) is 15.6. The minimum atomic E-state index is -0.773. The molecule has 1 amide bonds. The number of hydrogen-bond acceptors (Lipinski definition) is 6. The summed E-state index contributed by atoms with van der Waals surface area (Å²) in [6, 6.07) is 9.65. The summed E-state index contributed by atoms with van der Waals surface area (Å²) in [6.07, 6.45) is 0. The molecule has 0 aliphatic rings. The van der Waals surface area contributed by atoms with Gasteiger partial charge in [0.05, 0.1) is 27.6 Å². The molecule has 150 valence electrons. The summed E-state index contributed by atoms with van der Waals surface area (Å²) < 4.78 is 14.7. The minimum absolute atomic E-state index is 0.102. The molecule has 29 heavy (non-hydrogen) atoms. The Hall–Kier alpha value is -3.27. The Morgan fingerprint density at radius 1 is 1.31 bits per heavy atom. The lowest BCUT2D eigenvalue weighted by Gasteiger charge is -2.16. The lowest BCUT2D eigenvalue weighted by Crippen LogP contribution is -2.25. The van der Waals surface area contributed by atoms with Crippen molar-refractivity contribution in [2.24, 2.45) is 0 Å². The molecule has 0 saturated carbocycles. The highest BCUT2D eigenvalue weighted by molar-refractivity contribution is 7.99. The number of carbonyl (C=O) groups excluding carboxylic acids is 1. The quantitative estimate of drug-likeness (QED) is 0.284. The number of anilines is 1. The number of amides is 1. The Morgan fingerprint density at radius 2 is 2.03 bits per heavy atom. The van der Waals surface area contributed by atoms with Crippen molar-refractivity contribution >= 4 is 39.9 Å². The first-order valence-corrected chi connectivity index (χ1v) is 9.64. The SMILES string of the molecule is CC(C)n1c(SCC(=O)Nc2ccc(F)cc2[N+](=O)[O-])nc2ccccc2c1=O. The van der Waals surface area contributed by atoms with Crippen molar-refractivity contribution < 1.29 is 14.1 Å². The summed E-state index contributed by atoms with van der Waals surface area (Å²) in [5, 5.41) is 14.3. The molecule has 0 saturated heterocycles. The van der Waals surface area contributed by atoms with Gasteiger partial charge in [0, 0.05) is 6.04 Å². The predicted octanol–water partition coefficient (Wildman–Crippen LogP) is 3.76. The third-order valence-corrected chi connectivity index (χ3v) is 5.01. The van der Waals surface area contributed by atoms with Crippen molar-refractivity contribution in [2.75, 3.05) is 11.1 Å². The van der Waals surface area contributed by atoms with Gasteiger partial charge in [-0.2, -0.15) is 0 Å². The number of nitrogens with zero attached hydrogens (tertiary/aromatic N) is 3. The van der Waals surface area contributed by atoms with Gasteiger partial charge in [-0.05, 0) is 38.1 Å². The van der Waals surface area contributed by atoms with Crippen LogP contribution >= 0.6 is 11.8 Å². The van der Waals surface area contributed by atoms with E-state index in [1.54, 1.807) is 24.3 Å². The Bertz CT molecular complexity index is 1160. The van der Waals surface area contributed by atoms with Gasteiger partial charge >= 0.3 is 0 Å². The third-order valence-electron chi connectivity index (χ3n) is 4.05. The van der Waals surface area contributed by atoms with Crippen LogP contribution in [0.3, 0.4) is 0 Å². The second kappa shape index (κ2) is 8.39. The van der Waals surface area contributed by atoms with E-state index in [1.807, 2.05) is 13.8 Å². The van der Waals surface area contributed by atoms with Crippen LogP contribution in [0.25, 0.3) is 10.9 Å². The monoisotopic (exact) mass is 416 g/mol. The molecular formula is C19H17FN4O4S. The fourth-order valence-electron chi connectivity index (χ4n) is 2.76. The van der Waals surface area contributed by atoms with Crippen LogP contribution in [0, 0.1) is 15.9 Å². The highest BCUT2D eigenvalue weighted by Crippen LogP contribution is 2.26. The van der Waals surface area contributed by atoms with Gasteiger partial charge < -0.3 is 5.32 Å². The van der Waals surface area contributed by atoms with Crippen molar-refractivity contribution in [2.45, 2.75) is 25.0 Å². The maximum Gasteiger partial charge on any atom is 0.295 e. The van der Waals surface area contributed by atoms with Crippen molar-refractivity contribution in [3.8, 4) is 0 Å². The number of nitro groups is 1. The number of benzene rings is 2. The number of aromatic nitrogens is 2. The van der Waals surface area contributed by atoms with Gasteiger partial charge in [0.15, 0.2) is 5.16 Å². The number of rotatable bonds is 6. The fourth-order valence-corrected chi connectivity index (χ4v) is 3.69. The van der Waals surface area contributed by atoms with E-state index in [9.17, 15) is 24.1 Å². The summed E-state index contributed by atoms with van der Waals surface area (Å²) in [5.74, 6) is -1.45. The highest BCUT2D eigenvalue weighted by atomic mass is 32.2. The van der Waals surface area contributed by atoms with Gasteiger partial charge in [0.25, 0.3) is 11.2 Å². The number of nitro benzene ring substituents is 1. The van der Waals surface area contributed by atoms with E-state index in [4.69, 9.17) is 0 Å². The molecule has 0 atom stereocenters. The van der Waals surface area contributed by atoms with Crippen molar-refractivity contribution in [3.63, 3.8) is 0 Å². The maximum atomic E-state index is 13.2. The molecule has 0 fully saturated rings. The Kier molecular flexibility index (Phi) is 5.92. The zero-order valence-corrected chi connectivity index (χ0v) is 16.4. The Labute approximate surface area is 168 Å². The van der Waals surface area contributed by atoms with Crippen LogP contribution in [0.5, 0.6) is 0 Å². The highest BCUT2D eigenvalue weighted by Gasteiger charge is 2.19. The number of hydrogen-bond donors (Lipinski definition) is 1. The second-order valence-corrected chi connectivity index (χ2v) is 7.38. The molecule has 0 unspecified atom stereocenters. The van der Waals surface area contributed by atoms with Crippen LogP contribution in [0.2, 0.25) is 0 Å². The molecule has 2 aromatic carbocycles. The molecule has 1 heterocycles. The summed E-state index contributed by atoms with van der Waals surface area (Å²) in [6.45, 7) is 3.67. The first-order valence-electron chi connectivity index (χ1n) is 8.66. The summed E-state index contributed by atoms with van der Waals surface area (Å²) in [4.78, 5) is 39.9. The van der Waals surface area contributed by atoms with Crippen LogP contribution in [0.15, 0.2) is 52.4 Å². The number of carbonyl (C=O) groups is 1. The van der Waals surface area contributed by atoms with Crippen molar-refractivity contribution in [1.82, 2.24) is 9.55 Å². The molecule has 0 spiro atoms. The summed E-state index contributed by atoms with van der Waals surface area (Å²) >= 11 is 1.05. The first kappa shape index (κ1) is 20.5. The zero-order chi connectivity index (χ0) is 21.1. The molecule has 3 aromatic rings.